The highest BCUT2D eigenvalue weighted by Crippen LogP contribution is 2.36. The number of hydrazine groups is 2. The van der Waals surface area contributed by atoms with Crippen LogP contribution in [0, 0.1) is 13.8 Å². The van der Waals surface area contributed by atoms with E-state index in [1.807, 2.05) is 46.1 Å². The summed E-state index contributed by atoms with van der Waals surface area (Å²) < 4.78 is 43.3. The van der Waals surface area contributed by atoms with Crippen LogP contribution in [0.15, 0.2) is 48.8 Å². The molecule has 0 spiro atoms. The number of likely N-dealkylation sites (tertiary alicyclic amines) is 1. The normalized spacial score (nSPS) is 16.5. The van der Waals surface area contributed by atoms with Crippen molar-refractivity contribution in [1.29, 1.82) is 0 Å². The first kappa shape index (κ1) is 28.5. The number of halogens is 3. The fraction of sp³-hybridized carbons (Fsp3) is 0.379. The van der Waals surface area contributed by atoms with Crippen molar-refractivity contribution in [1.82, 2.24) is 25.6 Å². The summed E-state index contributed by atoms with van der Waals surface area (Å²) in [5, 5.41) is 8.74. The summed E-state index contributed by atoms with van der Waals surface area (Å²) in [6, 6.07) is 9.03. The number of piperidine rings is 1. The van der Waals surface area contributed by atoms with Crippen molar-refractivity contribution in [2.45, 2.75) is 38.9 Å². The van der Waals surface area contributed by atoms with Gasteiger partial charge in [0, 0.05) is 54.5 Å². The Labute approximate surface area is 237 Å². The molecule has 12 heteroatoms. The number of hydrogen-bond acceptors (Lipinski definition) is 7. The maximum absolute atomic E-state index is 13.8. The number of carbonyl (C=O) groups is 1. The summed E-state index contributed by atoms with van der Waals surface area (Å²) in [6.45, 7) is 5.65. The third-order valence-corrected chi connectivity index (χ3v) is 7.97. The number of alkyl halides is 3. The van der Waals surface area contributed by atoms with Crippen molar-refractivity contribution in [2.75, 3.05) is 42.4 Å². The Hall–Kier alpha value is -4.03. The van der Waals surface area contributed by atoms with Crippen LogP contribution in [0.3, 0.4) is 0 Å². The second-order valence-corrected chi connectivity index (χ2v) is 10.8. The van der Waals surface area contributed by atoms with Crippen LogP contribution in [0.5, 0.6) is 0 Å². The van der Waals surface area contributed by atoms with Crippen LogP contribution < -0.4 is 26.2 Å². The van der Waals surface area contributed by atoms with Gasteiger partial charge in [0.1, 0.15) is 0 Å². The van der Waals surface area contributed by atoms with Gasteiger partial charge in [-0.05, 0) is 82.7 Å². The quantitative estimate of drug-likeness (QED) is 0.399. The fourth-order valence-electron chi connectivity index (χ4n) is 5.20. The standard InChI is InChI=1S/C29H35F3N8O/c1-18-6-7-20(12-27(18)40-17-26(35-36-40)25-16-33-39(5)19(25)2)28(41)34-22-13-21(29(30,31)32)14-24(15-22)38(4)23-8-10-37(3)11-9-23/h6-7,12-17,23,35-36H,8-11H2,1-5H3,(H,34,41). The van der Waals surface area contributed by atoms with E-state index >= 15 is 0 Å². The molecular formula is C29H35F3N8O. The van der Waals surface area contributed by atoms with Crippen molar-refractivity contribution in [3.63, 3.8) is 0 Å². The molecule has 1 saturated heterocycles. The predicted molar refractivity (Wildman–Crippen MR) is 154 cm³/mol. The molecule has 218 valence electrons. The topological polar surface area (TPSA) is 80.7 Å². The van der Waals surface area contributed by atoms with Gasteiger partial charge in [-0.1, -0.05) is 6.07 Å². The molecule has 3 N–H and O–H groups in total. The van der Waals surface area contributed by atoms with Crippen molar-refractivity contribution in [3.8, 4) is 0 Å². The molecule has 41 heavy (non-hydrogen) atoms. The zero-order chi connectivity index (χ0) is 29.5. The number of carbonyl (C=O) groups excluding carboxylic acids is 1. The van der Waals surface area contributed by atoms with Gasteiger partial charge < -0.3 is 20.5 Å². The van der Waals surface area contributed by atoms with Gasteiger partial charge in [-0.3, -0.25) is 14.5 Å². The molecule has 0 saturated carbocycles. The Morgan fingerprint density at radius 3 is 2.49 bits per heavy atom. The molecule has 3 heterocycles. The number of hydrogen-bond donors (Lipinski definition) is 3. The molecule has 1 fully saturated rings. The van der Waals surface area contributed by atoms with Crippen molar-refractivity contribution in [3.05, 3.63) is 76.7 Å². The largest absolute Gasteiger partial charge is 0.416 e. The molecule has 0 bridgehead atoms. The summed E-state index contributed by atoms with van der Waals surface area (Å²) in [5.74, 6) is -0.502. The van der Waals surface area contributed by atoms with E-state index in [1.165, 1.54) is 0 Å². The minimum atomic E-state index is -4.55. The van der Waals surface area contributed by atoms with Crippen LogP contribution >= 0.6 is 0 Å². The lowest BCUT2D eigenvalue weighted by Crippen LogP contribution is -2.42. The van der Waals surface area contributed by atoms with Crippen LogP contribution in [0.2, 0.25) is 0 Å². The fourth-order valence-corrected chi connectivity index (χ4v) is 5.20. The van der Waals surface area contributed by atoms with Crippen molar-refractivity contribution in [2.24, 2.45) is 7.05 Å². The first-order chi connectivity index (χ1) is 19.4. The molecule has 0 unspecified atom stereocenters. The Bertz CT molecular complexity index is 1470. The smallest absolute Gasteiger partial charge is 0.371 e. The number of amides is 1. The number of nitrogens with zero attached hydrogens (tertiary/aromatic N) is 5. The highest BCUT2D eigenvalue weighted by molar-refractivity contribution is 6.05. The minimum absolute atomic E-state index is 0.0944. The number of anilines is 3. The summed E-state index contributed by atoms with van der Waals surface area (Å²) >= 11 is 0. The van der Waals surface area contributed by atoms with Crippen LogP contribution in [0.4, 0.5) is 30.2 Å². The monoisotopic (exact) mass is 568 g/mol. The first-order valence-electron chi connectivity index (χ1n) is 13.5. The Morgan fingerprint density at radius 1 is 1.10 bits per heavy atom. The Balaban J connectivity index is 1.39. The highest BCUT2D eigenvalue weighted by atomic mass is 19.4. The van der Waals surface area contributed by atoms with E-state index in [9.17, 15) is 18.0 Å². The lowest BCUT2D eigenvalue weighted by molar-refractivity contribution is -0.137. The molecule has 1 aromatic heterocycles. The van der Waals surface area contributed by atoms with Crippen LogP contribution in [-0.2, 0) is 13.2 Å². The molecule has 5 rings (SSSR count). The van der Waals surface area contributed by atoms with Gasteiger partial charge in [-0.15, -0.1) is 5.53 Å². The highest BCUT2D eigenvalue weighted by Gasteiger charge is 2.32. The Morgan fingerprint density at radius 2 is 1.83 bits per heavy atom. The number of benzene rings is 2. The van der Waals surface area contributed by atoms with Crippen LogP contribution in [0.1, 0.15) is 45.6 Å². The second kappa shape index (κ2) is 11.1. The minimum Gasteiger partial charge on any atom is -0.371 e. The molecule has 2 aliphatic rings. The summed E-state index contributed by atoms with van der Waals surface area (Å²) in [4.78, 5) is 17.4. The van der Waals surface area contributed by atoms with Crippen LogP contribution in [-0.4, -0.2) is 53.8 Å². The molecule has 9 nitrogen and oxygen atoms in total. The SMILES string of the molecule is Cc1ccc(C(=O)Nc2cc(N(C)C3CCN(C)CC3)cc(C(F)(F)F)c2)cc1N1C=C(c2cnn(C)c2C)NN1. The van der Waals surface area contributed by atoms with E-state index in [1.54, 1.807) is 40.2 Å². The van der Waals surface area contributed by atoms with Crippen molar-refractivity contribution < 1.29 is 18.0 Å². The van der Waals surface area contributed by atoms with Gasteiger partial charge in [0.15, 0.2) is 0 Å². The molecule has 0 atom stereocenters. The summed E-state index contributed by atoms with van der Waals surface area (Å²) in [7, 11) is 5.72. The van der Waals surface area contributed by atoms with E-state index < -0.39 is 17.6 Å². The van der Waals surface area contributed by atoms with Crippen molar-refractivity contribution >= 4 is 28.7 Å². The van der Waals surface area contributed by atoms with Gasteiger partial charge in [-0.25, -0.2) is 0 Å². The molecule has 2 aliphatic heterocycles. The third-order valence-electron chi connectivity index (χ3n) is 7.97. The average molecular weight is 569 g/mol. The van der Waals surface area contributed by atoms with E-state index in [4.69, 9.17) is 0 Å². The summed E-state index contributed by atoms with van der Waals surface area (Å²) in [6.07, 6.45) is 0.792. The van der Waals surface area contributed by atoms with Crippen LogP contribution in [0.25, 0.3) is 5.70 Å². The maximum atomic E-state index is 13.8. The van der Waals surface area contributed by atoms with E-state index in [-0.39, 0.29) is 11.7 Å². The molecule has 0 aliphatic carbocycles. The van der Waals surface area contributed by atoms with Gasteiger partial charge in [0.25, 0.3) is 5.91 Å². The Kier molecular flexibility index (Phi) is 7.71. The van der Waals surface area contributed by atoms with E-state index in [2.05, 4.69) is 26.3 Å². The molecular weight excluding hydrogens is 533 g/mol. The molecule has 1 amide bonds. The van der Waals surface area contributed by atoms with E-state index in [0.717, 1.165) is 60.6 Å². The maximum Gasteiger partial charge on any atom is 0.416 e. The lowest BCUT2D eigenvalue weighted by Gasteiger charge is -2.36. The summed E-state index contributed by atoms with van der Waals surface area (Å²) in [5.41, 5.74) is 10.6. The number of aromatic nitrogens is 2. The number of nitrogens with one attached hydrogen (secondary N) is 3. The zero-order valence-electron chi connectivity index (χ0n) is 23.8. The number of aryl methyl sites for hydroxylation is 2. The predicted octanol–water partition coefficient (Wildman–Crippen LogP) is 4.67. The lowest BCUT2D eigenvalue weighted by atomic mass is 10.0. The zero-order valence-corrected chi connectivity index (χ0v) is 23.8. The van der Waals surface area contributed by atoms with Gasteiger partial charge in [0.2, 0.25) is 0 Å². The molecule has 3 aromatic rings. The first-order valence-corrected chi connectivity index (χ1v) is 13.5. The number of rotatable bonds is 6. The van der Waals surface area contributed by atoms with Gasteiger partial charge >= 0.3 is 6.18 Å². The average Bonchev–Trinajstić information content (AvgIpc) is 3.54. The molecule has 0 radical (unpaired) electrons. The molecule has 2 aromatic carbocycles. The van der Waals surface area contributed by atoms with Gasteiger partial charge in [-0.2, -0.15) is 18.3 Å². The van der Waals surface area contributed by atoms with Gasteiger partial charge in [0.05, 0.1) is 23.1 Å². The third kappa shape index (κ3) is 6.03. The second-order valence-electron chi connectivity index (χ2n) is 10.8. The van der Waals surface area contributed by atoms with E-state index in [0.29, 0.717) is 16.9 Å².